The Morgan fingerprint density at radius 3 is 2.69 bits per heavy atom. The first-order chi connectivity index (χ1) is 6.26. The maximum absolute atomic E-state index is 5.91. The maximum atomic E-state index is 5.91. The van der Waals surface area contributed by atoms with Gasteiger partial charge in [0.25, 0.3) is 0 Å². The van der Waals surface area contributed by atoms with Crippen LogP contribution in [0, 0.1) is 5.92 Å². The molecule has 0 saturated carbocycles. The molecule has 0 amide bonds. The van der Waals surface area contributed by atoms with Gasteiger partial charge < -0.3 is 5.73 Å². The van der Waals surface area contributed by atoms with E-state index in [1.54, 1.807) is 5.57 Å². The first kappa shape index (κ1) is 10.8. The van der Waals surface area contributed by atoms with Gasteiger partial charge in [0.05, 0.1) is 0 Å². The second-order valence-corrected chi connectivity index (χ2v) is 4.27. The lowest BCUT2D eigenvalue weighted by Crippen LogP contribution is -2.21. The molecular formula is C12H23N. The lowest BCUT2D eigenvalue weighted by molar-refractivity contribution is 0.469. The number of rotatable bonds is 4. The second kappa shape index (κ2) is 5.43. The molecular weight excluding hydrogens is 158 g/mol. The smallest absolute Gasteiger partial charge is 0.0226 e. The van der Waals surface area contributed by atoms with E-state index in [0.717, 1.165) is 5.92 Å². The van der Waals surface area contributed by atoms with Crippen molar-refractivity contribution in [1.29, 1.82) is 0 Å². The first-order valence-electron chi connectivity index (χ1n) is 5.71. The Bertz CT molecular complexity index is 168. The second-order valence-electron chi connectivity index (χ2n) is 4.27. The molecule has 0 bridgehead atoms. The zero-order valence-corrected chi connectivity index (χ0v) is 9.05. The van der Waals surface area contributed by atoms with E-state index in [-0.39, 0.29) is 0 Å². The van der Waals surface area contributed by atoms with Gasteiger partial charge in [0.15, 0.2) is 0 Å². The van der Waals surface area contributed by atoms with E-state index < -0.39 is 0 Å². The summed E-state index contributed by atoms with van der Waals surface area (Å²) < 4.78 is 0. The van der Waals surface area contributed by atoms with Gasteiger partial charge in [-0.25, -0.2) is 0 Å². The van der Waals surface area contributed by atoms with E-state index in [0.29, 0.717) is 6.04 Å². The zero-order valence-electron chi connectivity index (χ0n) is 9.05. The Hall–Kier alpha value is -0.300. The van der Waals surface area contributed by atoms with Crippen LogP contribution in [0.2, 0.25) is 0 Å². The summed E-state index contributed by atoms with van der Waals surface area (Å²) in [6.45, 7) is 4.58. The fourth-order valence-electron chi connectivity index (χ4n) is 2.15. The third-order valence-corrected chi connectivity index (χ3v) is 3.19. The number of hydrogen-bond acceptors (Lipinski definition) is 1. The lowest BCUT2D eigenvalue weighted by Gasteiger charge is -2.21. The fourth-order valence-corrected chi connectivity index (χ4v) is 2.15. The van der Waals surface area contributed by atoms with E-state index >= 15 is 0 Å². The van der Waals surface area contributed by atoms with Gasteiger partial charge in [0.1, 0.15) is 0 Å². The predicted molar refractivity (Wildman–Crippen MR) is 58.6 cm³/mol. The number of hydrogen-bond donors (Lipinski definition) is 1. The van der Waals surface area contributed by atoms with E-state index in [2.05, 4.69) is 19.9 Å². The predicted octanol–water partition coefficient (Wildman–Crippen LogP) is 3.25. The molecule has 76 valence electrons. The normalized spacial score (nSPS) is 23.4. The molecule has 1 heteroatoms. The third-order valence-electron chi connectivity index (χ3n) is 3.19. The quantitative estimate of drug-likeness (QED) is 0.662. The summed E-state index contributed by atoms with van der Waals surface area (Å²) in [7, 11) is 0. The van der Waals surface area contributed by atoms with Gasteiger partial charge in [0.2, 0.25) is 0 Å². The molecule has 0 fully saturated rings. The van der Waals surface area contributed by atoms with Gasteiger partial charge in [-0.2, -0.15) is 0 Å². The first-order valence-corrected chi connectivity index (χ1v) is 5.71. The molecule has 0 aliphatic heterocycles. The van der Waals surface area contributed by atoms with E-state index in [9.17, 15) is 0 Å². The molecule has 0 aromatic rings. The van der Waals surface area contributed by atoms with E-state index in [1.807, 2.05) is 0 Å². The molecule has 0 spiro atoms. The van der Waals surface area contributed by atoms with Crippen LogP contribution in [-0.4, -0.2) is 6.04 Å². The number of allylic oxidation sites excluding steroid dienone is 1. The van der Waals surface area contributed by atoms with Crippen LogP contribution in [0.25, 0.3) is 0 Å². The van der Waals surface area contributed by atoms with Gasteiger partial charge in [-0.05, 0) is 31.6 Å². The highest BCUT2D eigenvalue weighted by Gasteiger charge is 2.12. The Morgan fingerprint density at radius 1 is 1.46 bits per heavy atom. The summed E-state index contributed by atoms with van der Waals surface area (Å²) in [6.07, 6.45) is 10.00. The third kappa shape index (κ3) is 3.51. The minimum absolute atomic E-state index is 0.345. The number of nitrogens with two attached hydrogens (primary N) is 1. The van der Waals surface area contributed by atoms with Crippen LogP contribution in [0.1, 0.15) is 52.4 Å². The lowest BCUT2D eigenvalue weighted by atomic mass is 9.87. The maximum Gasteiger partial charge on any atom is 0.0226 e. The van der Waals surface area contributed by atoms with Gasteiger partial charge in [0, 0.05) is 6.04 Å². The summed E-state index contributed by atoms with van der Waals surface area (Å²) >= 11 is 0. The molecule has 0 heterocycles. The van der Waals surface area contributed by atoms with Crippen molar-refractivity contribution in [3.05, 3.63) is 11.6 Å². The van der Waals surface area contributed by atoms with Crippen molar-refractivity contribution in [3.63, 3.8) is 0 Å². The van der Waals surface area contributed by atoms with Crippen molar-refractivity contribution in [3.8, 4) is 0 Å². The van der Waals surface area contributed by atoms with Crippen molar-refractivity contribution in [2.24, 2.45) is 11.7 Å². The average Bonchev–Trinajstić information content (AvgIpc) is 2.14. The molecule has 1 unspecified atom stereocenters. The fraction of sp³-hybridized carbons (Fsp3) is 0.833. The van der Waals surface area contributed by atoms with Crippen molar-refractivity contribution in [1.82, 2.24) is 0 Å². The Balaban J connectivity index is 2.42. The van der Waals surface area contributed by atoms with Crippen molar-refractivity contribution >= 4 is 0 Å². The molecule has 13 heavy (non-hydrogen) atoms. The zero-order chi connectivity index (χ0) is 9.68. The van der Waals surface area contributed by atoms with Crippen LogP contribution < -0.4 is 5.73 Å². The highest BCUT2D eigenvalue weighted by atomic mass is 14.6. The van der Waals surface area contributed by atoms with Gasteiger partial charge in [-0.3, -0.25) is 0 Å². The Labute approximate surface area is 82.4 Å². The minimum Gasteiger partial charge on any atom is -0.324 e. The van der Waals surface area contributed by atoms with Crippen molar-refractivity contribution in [2.75, 3.05) is 0 Å². The van der Waals surface area contributed by atoms with Gasteiger partial charge in [-0.15, -0.1) is 0 Å². The van der Waals surface area contributed by atoms with Crippen LogP contribution in [0.15, 0.2) is 11.6 Å². The van der Waals surface area contributed by atoms with Crippen LogP contribution in [-0.2, 0) is 0 Å². The molecule has 0 radical (unpaired) electrons. The molecule has 0 aromatic carbocycles. The summed E-state index contributed by atoms with van der Waals surface area (Å²) in [5.41, 5.74) is 7.53. The van der Waals surface area contributed by atoms with Crippen LogP contribution in [0.3, 0.4) is 0 Å². The molecule has 0 saturated heterocycles. The monoisotopic (exact) mass is 181 g/mol. The standard InChI is InChI=1S/C12H23N/c1-3-10(4-2)8-11-6-5-7-12(13)9-11/h9-10,12H,3-8,13H2,1-2H3. The Kier molecular flexibility index (Phi) is 4.51. The summed E-state index contributed by atoms with van der Waals surface area (Å²) in [6, 6.07) is 0.345. The van der Waals surface area contributed by atoms with Gasteiger partial charge in [-0.1, -0.05) is 38.3 Å². The molecule has 1 rings (SSSR count). The van der Waals surface area contributed by atoms with Crippen LogP contribution >= 0.6 is 0 Å². The van der Waals surface area contributed by atoms with Crippen molar-refractivity contribution in [2.45, 2.75) is 58.4 Å². The van der Waals surface area contributed by atoms with Gasteiger partial charge >= 0.3 is 0 Å². The molecule has 1 aliphatic rings. The summed E-state index contributed by atoms with van der Waals surface area (Å²) in [5.74, 6) is 0.886. The molecule has 2 N–H and O–H groups in total. The van der Waals surface area contributed by atoms with Crippen LogP contribution in [0.4, 0.5) is 0 Å². The molecule has 0 aromatic heterocycles. The largest absolute Gasteiger partial charge is 0.324 e. The molecule has 1 aliphatic carbocycles. The SMILES string of the molecule is CCC(CC)CC1=CC(N)CCC1. The topological polar surface area (TPSA) is 26.0 Å². The Morgan fingerprint density at radius 2 is 2.15 bits per heavy atom. The minimum atomic E-state index is 0.345. The summed E-state index contributed by atoms with van der Waals surface area (Å²) in [4.78, 5) is 0. The summed E-state index contributed by atoms with van der Waals surface area (Å²) in [5, 5.41) is 0. The molecule has 1 atom stereocenters. The van der Waals surface area contributed by atoms with Crippen LogP contribution in [0.5, 0.6) is 0 Å². The van der Waals surface area contributed by atoms with Crippen molar-refractivity contribution < 1.29 is 0 Å². The average molecular weight is 181 g/mol. The molecule has 1 nitrogen and oxygen atoms in total. The van der Waals surface area contributed by atoms with E-state index in [4.69, 9.17) is 5.73 Å². The highest BCUT2D eigenvalue weighted by molar-refractivity contribution is 5.10. The van der Waals surface area contributed by atoms with E-state index in [1.165, 1.54) is 38.5 Å². The highest BCUT2D eigenvalue weighted by Crippen LogP contribution is 2.25.